The van der Waals surface area contributed by atoms with E-state index in [1.807, 2.05) is 0 Å². The van der Waals surface area contributed by atoms with Crippen LogP contribution in [0.3, 0.4) is 0 Å². The molecular formula is C19H18ClF3N2O3S. The molecule has 1 N–H and O–H groups in total. The maximum atomic E-state index is 13.5. The van der Waals surface area contributed by atoms with Gasteiger partial charge in [-0.15, -0.1) is 0 Å². The van der Waals surface area contributed by atoms with E-state index < -0.39 is 33.9 Å². The lowest BCUT2D eigenvalue weighted by atomic mass is 9.95. The molecule has 1 aliphatic rings. The molecule has 5 nitrogen and oxygen atoms in total. The fourth-order valence-electron chi connectivity index (χ4n) is 3.38. The number of nitrogens with one attached hydrogen (secondary N) is 1. The van der Waals surface area contributed by atoms with Crippen LogP contribution in [-0.4, -0.2) is 38.5 Å². The number of carbonyl (C=O) groups is 1. The molecule has 0 unspecified atom stereocenters. The maximum absolute atomic E-state index is 13.5. The number of hydrogen-bond donors (Lipinski definition) is 1. The Bertz CT molecular complexity index is 984. The van der Waals surface area contributed by atoms with Gasteiger partial charge in [-0.2, -0.15) is 13.2 Å². The van der Waals surface area contributed by atoms with Crippen molar-refractivity contribution in [3.05, 3.63) is 65.2 Å². The molecule has 0 spiro atoms. The lowest BCUT2D eigenvalue weighted by Gasteiger charge is -2.20. The highest BCUT2D eigenvalue weighted by molar-refractivity contribution is 7.90. The van der Waals surface area contributed by atoms with Crippen LogP contribution in [-0.2, 0) is 21.4 Å². The van der Waals surface area contributed by atoms with E-state index in [2.05, 4.69) is 0 Å². The van der Waals surface area contributed by atoms with Gasteiger partial charge in [0.15, 0.2) is 0 Å². The largest absolute Gasteiger partial charge is 0.393 e. The van der Waals surface area contributed by atoms with Crippen molar-refractivity contribution in [2.24, 2.45) is 11.8 Å². The van der Waals surface area contributed by atoms with Crippen LogP contribution in [0.25, 0.3) is 0 Å². The first kappa shape index (κ1) is 21.6. The molecule has 2 aromatic carbocycles. The highest BCUT2D eigenvalue weighted by Gasteiger charge is 2.52. The summed E-state index contributed by atoms with van der Waals surface area (Å²) in [4.78, 5) is 13.7. The van der Waals surface area contributed by atoms with Crippen molar-refractivity contribution in [2.75, 3.05) is 13.1 Å². The Morgan fingerprint density at radius 2 is 1.69 bits per heavy atom. The number of benzene rings is 2. The molecule has 29 heavy (non-hydrogen) atoms. The van der Waals surface area contributed by atoms with Crippen LogP contribution < -0.4 is 4.72 Å². The second-order valence-electron chi connectivity index (χ2n) is 6.83. The third kappa shape index (κ3) is 5.09. The molecule has 0 radical (unpaired) electrons. The summed E-state index contributed by atoms with van der Waals surface area (Å²) in [5, 5.41) is -0.128. The smallest absolute Gasteiger partial charge is 0.298 e. The predicted molar refractivity (Wildman–Crippen MR) is 102 cm³/mol. The summed E-state index contributed by atoms with van der Waals surface area (Å²) in [6.07, 6.45) is -4.64. The number of hydrogen-bond acceptors (Lipinski definition) is 4. The summed E-state index contributed by atoms with van der Waals surface area (Å²) in [5.74, 6) is -4.70. The van der Waals surface area contributed by atoms with Crippen molar-refractivity contribution in [1.82, 2.24) is 9.62 Å². The summed E-state index contributed by atoms with van der Waals surface area (Å²) in [6, 6.07) is 14.3. The number of carbonyl (C=O) groups excluding carboxylic acids is 1. The van der Waals surface area contributed by atoms with E-state index in [4.69, 9.17) is 11.6 Å². The van der Waals surface area contributed by atoms with E-state index in [0.29, 0.717) is 0 Å². The molecule has 10 heteroatoms. The van der Waals surface area contributed by atoms with Gasteiger partial charge in [0.1, 0.15) is 4.90 Å². The monoisotopic (exact) mass is 446 g/mol. The first-order valence-corrected chi connectivity index (χ1v) is 10.6. The van der Waals surface area contributed by atoms with E-state index in [9.17, 15) is 26.4 Å². The number of alkyl halides is 3. The van der Waals surface area contributed by atoms with Crippen LogP contribution >= 0.6 is 11.6 Å². The highest BCUT2D eigenvalue weighted by atomic mass is 35.5. The van der Waals surface area contributed by atoms with Gasteiger partial charge in [-0.3, -0.25) is 9.69 Å². The quantitative estimate of drug-likeness (QED) is 0.764. The van der Waals surface area contributed by atoms with Gasteiger partial charge in [0.25, 0.3) is 10.0 Å². The van der Waals surface area contributed by atoms with Gasteiger partial charge < -0.3 is 0 Å². The zero-order valence-corrected chi connectivity index (χ0v) is 16.6. The van der Waals surface area contributed by atoms with E-state index in [-0.39, 0.29) is 29.6 Å². The first-order chi connectivity index (χ1) is 13.6. The Balaban J connectivity index is 1.79. The summed E-state index contributed by atoms with van der Waals surface area (Å²) in [7, 11) is -4.39. The molecule has 0 saturated carbocycles. The number of amides is 1. The summed E-state index contributed by atoms with van der Waals surface area (Å²) in [6.45, 7) is -0.361. The van der Waals surface area contributed by atoms with Crippen molar-refractivity contribution in [3.8, 4) is 0 Å². The highest BCUT2D eigenvalue weighted by Crippen LogP contribution is 2.38. The number of nitrogens with zero attached hydrogens (tertiary/aromatic N) is 1. The minimum atomic E-state index is -4.64. The lowest BCUT2D eigenvalue weighted by molar-refractivity contribution is -0.183. The molecule has 0 aliphatic carbocycles. The van der Waals surface area contributed by atoms with E-state index in [1.165, 1.54) is 29.2 Å². The Kier molecular flexibility index (Phi) is 6.21. The van der Waals surface area contributed by atoms with Gasteiger partial charge in [0.05, 0.1) is 16.9 Å². The second-order valence-corrected chi connectivity index (χ2v) is 8.89. The lowest BCUT2D eigenvalue weighted by Crippen LogP contribution is -2.42. The van der Waals surface area contributed by atoms with Crippen LogP contribution in [0.1, 0.15) is 5.56 Å². The standard InChI is InChI=1S/C19H18ClF3N2O3S/c20-16-8-4-5-9-17(16)29(27,28)24-18(26)14-11-25(12-15(14)19(21,22)23)10-13-6-2-1-3-7-13/h1-9,14-15H,10-12H2,(H,24,26)/t14-,15-/m0/s1. The minimum absolute atomic E-state index is 0.128. The van der Waals surface area contributed by atoms with Crippen molar-refractivity contribution >= 4 is 27.5 Å². The second kappa shape index (κ2) is 8.33. The van der Waals surface area contributed by atoms with Gasteiger partial charge in [0.2, 0.25) is 5.91 Å². The molecule has 2 aromatic rings. The normalized spacial score (nSPS) is 20.6. The Hall–Kier alpha value is -2.10. The first-order valence-electron chi connectivity index (χ1n) is 8.72. The Labute approximate surface area is 171 Å². The van der Waals surface area contributed by atoms with E-state index in [0.717, 1.165) is 5.56 Å². The fraction of sp³-hybridized carbons (Fsp3) is 0.316. The molecule has 1 amide bonds. The molecule has 3 rings (SSSR count). The van der Waals surface area contributed by atoms with Crippen LogP contribution in [0.15, 0.2) is 59.5 Å². The predicted octanol–water partition coefficient (Wildman–Crippen LogP) is 3.46. The van der Waals surface area contributed by atoms with Gasteiger partial charge in [0, 0.05) is 19.6 Å². The molecule has 1 heterocycles. The fourth-order valence-corrected chi connectivity index (χ4v) is 4.93. The van der Waals surface area contributed by atoms with E-state index >= 15 is 0 Å². The SMILES string of the molecule is O=C(NS(=O)(=O)c1ccccc1Cl)[C@H]1CN(Cc2ccccc2)C[C@@H]1C(F)(F)F. The molecule has 0 bridgehead atoms. The number of halogens is 4. The average molecular weight is 447 g/mol. The van der Waals surface area contributed by atoms with Crippen LogP contribution in [0, 0.1) is 11.8 Å². The molecular weight excluding hydrogens is 429 g/mol. The van der Waals surface area contributed by atoms with E-state index in [1.54, 1.807) is 35.1 Å². The van der Waals surface area contributed by atoms with Crippen molar-refractivity contribution in [2.45, 2.75) is 17.6 Å². The molecule has 156 valence electrons. The number of likely N-dealkylation sites (tertiary alicyclic amines) is 1. The minimum Gasteiger partial charge on any atom is -0.298 e. The molecule has 0 aromatic heterocycles. The maximum Gasteiger partial charge on any atom is 0.393 e. The Morgan fingerprint density at radius 3 is 2.31 bits per heavy atom. The third-order valence-electron chi connectivity index (χ3n) is 4.76. The molecule has 1 saturated heterocycles. The summed E-state index contributed by atoms with van der Waals surface area (Å²) >= 11 is 5.85. The number of rotatable bonds is 5. The van der Waals surface area contributed by atoms with Crippen molar-refractivity contribution < 1.29 is 26.4 Å². The van der Waals surface area contributed by atoms with Gasteiger partial charge >= 0.3 is 6.18 Å². The van der Waals surface area contributed by atoms with Gasteiger partial charge in [-0.05, 0) is 17.7 Å². The Morgan fingerprint density at radius 1 is 1.07 bits per heavy atom. The van der Waals surface area contributed by atoms with Gasteiger partial charge in [-0.1, -0.05) is 54.1 Å². The topological polar surface area (TPSA) is 66.5 Å². The average Bonchev–Trinajstić information content (AvgIpc) is 3.07. The zero-order chi connectivity index (χ0) is 21.2. The molecule has 1 aliphatic heterocycles. The molecule has 2 atom stereocenters. The van der Waals surface area contributed by atoms with Crippen LogP contribution in [0.4, 0.5) is 13.2 Å². The number of sulfonamides is 1. The van der Waals surface area contributed by atoms with Crippen LogP contribution in [0.2, 0.25) is 5.02 Å². The van der Waals surface area contributed by atoms with Crippen molar-refractivity contribution in [1.29, 1.82) is 0 Å². The summed E-state index contributed by atoms with van der Waals surface area (Å²) in [5.41, 5.74) is 0.804. The summed E-state index contributed by atoms with van der Waals surface area (Å²) < 4.78 is 67.2. The zero-order valence-electron chi connectivity index (χ0n) is 15.1. The molecule has 1 fully saturated rings. The van der Waals surface area contributed by atoms with Gasteiger partial charge in [-0.25, -0.2) is 13.1 Å². The van der Waals surface area contributed by atoms with Crippen LogP contribution in [0.5, 0.6) is 0 Å². The third-order valence-corrected chi connectivity index (χ3v) is 6.61. The van der Waals surface area contributed by atoms with Crippen molar-refractivity contribution in [3.63, 3.8) is 0 Å².